The van der Waals surface area contributed by atoms with Gasteiger partial charge in [-0.25, -0.2) is 8.78 Å². The third-order valence-corrected chi connectivity index (χ3v) is 2.56. The molecule has 0 aliphatic carbocycles. The van der Waals surface area contributed by atoms with Crippen LogP contribution in [-0.4, -0.2) is 0 Å². The minimum absolute atomic E-state index is 0.0847. The molecule has 0 atom stereocenters. The Morgan fingerprint density at radius 1 is 1.06 bits per heavy atom. The number of rotatable bonds is 3. The topological polar surface area (TPSA) is 35.2 Å². The van der Waals surface area contributed by atoms with Crippen LogP contribution in [0.4, 0.5) is 14.5 Å². The summed E-state index contributed by atoms with van der Waals surface area (Å²) in [5.74, 6) is 0.521. The molecule has 0 radical (unpaired) electrons. The molecule has 2 aromatic rings. The van der Waals surface area contributed by atoms with E-state index in [9.17, 15) is 8.78 Å². The van der Waals surface area contributed by atoms with E-state index in [2.05, 4.69) is 0 Å². The maximum absolute atomic E-state index is 12.8. The van der Waals surface area contributed by atoms with Crippen LogP contribution in [0.1, 0.15) is 12.0 Å². The number of benzene rings is 2. The van der Waals surface area contributed by atoms with E-state index in [0.717, 1.165) is 0 Å². The first-order chi connectivity index (χ1) is 8.56. The Morgan fingerprint density at radius 2 is 1.72 bits per heavy atom. The zero-order valence-electron chi connectivity index (χ0n) is 9.24. The van der Waals surface area contributed by atoms with E-state index in [0.29, 0.717) is 10.8 Å². The molecule has 0 aliphatic rings. The first kappa shape index (κ1) is 12.6. The third-order valence-electron chi connectivity index (χ3n) is 2.31. The molecule has 18 heavy (non-hydrogen) atoms. The molecular formula is C13H10ClF2NO. The highest BCUT2D eigenvalue weighted by molar-refractivity contribution is 6.30. The minimum Gasteiger partial charge on any atom is -0.457 e. The van der Waals surface area contributed by atoms with E-state index in [1.54, 1.807) is 24.3 Å². The SMILES string of the molecule is Nc1ccc(Oc2ccc(Cl)cc2)c(C(F)F)c1. The number of anilines is 1. The fourth-order valence-corrected chi connectivity index (χ4v) is 1.59. The number of nitrogen functional groups attached to an aromatic ring is 1. The van der Waals surface area contributed by atoms with Gasteiger partial charge in [-0.2, -0.15) is 0 Å². The first-order valence-electron chi connectivity index (χ1n) is 5.17. The molecule has 94 valence electrons. The summed E-state index contributed by atoms with van der Waals surface area (Å²) in [5.41, 5.74) is 5.51. The molecule has 0 amide bonds. The van der Waals surface area contributed by atoms with Crippen LogP contribution in [0, 0.1) is 0 Å². The predicted octanol–water partition coefficient (Wildman–Crippen LogP) is 4.65. The van der Waals surface area contributed by atoms with E-state index < -0.39 is 6.43 Å². The molecule has 0 bridgehead atoms. The van der Waals surface area contributed by atoms with E-state index in [1.165, 1.54) is 18.2 Å². The van der Waals surface area contributed by atoms with Gasteiger partial charge in [-0.3, -0.25) is 0 Å². The highest BCUT2D eigenvalue weighted by Crippen LogP contribution is 2.34. The van der Waals surface area contributed by atoms with Crippen LogP contribution in [0.15, 0.2) is 42.5 Å². The van der Waals surface area contributed by atoms with Crippen molar-refractivity contribution in [3.05, 3.63) is 53.1 Å². The predicted molar refractivity (Wildman–Crippen MR) is 67.3 cm³/mol. The Hall–Kier alpha value is -1.81. The van der Waals surface area contributed by atoms with Gasteiger partial charge >= 0.3 is 0 Å². The van der Waals surface area contributed by atoms with Gasteiger partial charge in [0.05, 0.1) is 5.56 Å². The van der Waals surface area contributed by atoms with Gasteiger partial charge in [-0.15, -0.1) is 0 Å². The van der Waals surface area contributed by atoms with Gasteiger partial charge in [0, 0.05) is 10.7 Å². The normalized spacial score (nSPS) is 10.7. The number of hydrogen-bond donors (Lipinski definition) is 1. The van der Waals surface area contributed by atoms with Gasteiger partial charge in [0.15, 0.2) is 0 Å². The highest BCUT2D eigenvalue weighted by Gasteiger charge is 2.15. The third kappa shape index (κ3) is 2.90. The van der Waals surface area contributed by atoms with E-state index in [-0.39, 0.29) is 17.0 Å². The second-order valence-corrected chi connectivity index (χ2v) is 4.09. The molecular weight excluding hydrogens is 260 g/mol. The van der Waals surface area contributed by atoms with Crippen molar-refractivity contribution in [1.29, 1.82) is 0 Å². The molecule has 0 heterocycles. The highest BCUT2D eigenvalue weighted by atomic mass is 35.5. The maximum Gasteiger partial charge on any atom is 0.267 e. The summed E-state index contributed by atoms with van der Waals surface area (Å²) >= 11 is 5.73. The molecule has 2 N–H and O–H groups in total. The number of halogens is 3. The lowest BCUT2D eigenvalue weighted by molar-refractivity contribution is 0.148. The van der Waals surface area contributed by atoms with Crippen LogP contribution in [0.25, 0.3) is 0 Å². The van der Waals surface area contributed by atoms with Crippen LogP contribution >= 0.6 is 11.6 Å². The van der Waals surface area contributed by atoms with Crippen LogP contribution in [0.2, 0.25) is 5.02 Å². The van der Waals surface area contributed by atoms with Crippen molar-refractivity contribution in [2.45, 2.75) is 6.43 Å². The Labute approximate surface area is 108 Å². The number of nitrogens with two attached hydrogens (primary N) is 1. The molecule has 0 fully saturated rings. The van der Waals surface area contributed by atoms with Crippen LogP contribution in [0.5, 0.6) is 11.5 Å². The van der Waals surface area contributed by atoms with Crippen molar-refractivity contribution in [1.82, 2.24) is 0 Å². The number of hydrogen-bond acceptors (Lipinski definition) is 2. The average Bonchev–Trinajstić information content (AvgIpc) is 2.34. The zero-order valence-corrected chi connectivity index (χ0v) is 9.99. The summed E-state index contributed by atoms with van der Waals surface area (Å²) in [7, 11) is 0. The Morgan fingerprint density at radius 3 is 2.33 bits per heavy atom. The van der Waals surface area contributed by atoms with Crippen molar-refractivity contribution in [2.75, 3.05) is 5.73 Å². The first-order valence-corrected chi connectivity index (χ1v) is 5.55. The lowest BCUT2D eigenvalue weighted by Crippen LogP contribution is -1.95. The van der Waals surface area contributed by atoms with Crippen molar-refractivity contribution in [3.8, 4) is 11.5 Å². The van der Waals surface area contributed by atoms with Crippen LogP contribution < -0.4 is 10.5 Å². The van der Waals surface area contributed by atoms with E-state index in [4.69, 9.17) is 22.1 Å². The summed E-state index contributed by atoms with van der Waals surface area (Å²) < 4.78 is 31.0. The Bertz CT molecular complexity index is 543. The average molecular weight is 270 g/mol. The van der Waals surface area contributed by atoms with Gasteiger partial charge in [-0.1, -0.05) is 11.6 Å². The van der Waals surface area contributed by atoms with Crippen molar-refractivity contribution in [3.63, 3.8) is 0 Å². The smallest absolute Gasteiger partial charge is 0.267 e. The Balaban J connectivity index is 2.31. The second-order valence-electron chi connectivity index (χ2n) is 3.65. The summed E-state index contributed by atoms with van der Waals surface area (Å²) in [6, 6.07) is 10.6. The second kappa shape index (κ2) is 5.23. The molecule has 0 saturated heterocycles. The van der Waals surface area contributed by atoms with Gasteiger partial charge in [0.25, 0.3) is 6.43 Å². The summed E-state index contributed by atoms with van der Waals surface area (Å²) in [5, 5.41) is 0.550. The molecule has 2 nitrogen and oxygen atoms in total. The van der Waals surface area contributed by atoms with E-state index >= 15 is 0 Å². The van der Waals surface area contributed by atoms with E-state index in [1.807, 2.05) is 0 Å². The molecule has 2 rings (SSSR count). The largest absolute Gasteiger partial charge is 0.457 e. The van der Waals surface area contributed by atoms with Crippen LogP contribution in [0.3, 0.4) is 0 Å². The zero-order chi connectivity index (χ0) is 13.1. The molecule has 0 saturated carbocycles. The molecule has 0 unspecified atom stereocenters. The minimum atomic E-state index is -2.64. The lowest BCUT2D eigenvalue weighted by Gasteiger charge is -2.11. The molecule has 0 aromatic heterocycles. The Kier molecular flexibility index (Phi) is 3.67. The summed E-state index contributed by atoms with van der Waals surface area (Å²) in [6.45, 7) is 0. The number of alkyl halides is 2. The molecule has 0 spiro atoms. The van der Waals surface area contributed by atoms with Gasteiger partial charge < -0.3 is 10.5 Å². The fourth-order valence-electron chi connectivity index (χ4n) is 1.46. The van der Waals surface area contributed by atoms with Gasteiger partial charge in [0.2, 0.25) is 0 Å². The number of ether oxygens (including phenoxy) is 1. The maximum atomic E-state index is 12.8. The molecule has 0 aliphatic heterocycles. The van der Waals surface area contributed by atoms with Crippen molar-refractivity contribution < 1.29 is 13.5 Å². The lowest BCUT2D eigenvalue weighted by atomic mass is 10.2. The van der Waals surface area contributed by atoms with Crippen molar-refractivity contribution >= 4 is 17.3 Å². The monoisotopic (exact) mass is 269 g/mol. The fraction of sp³-hybridized carbons (Fsp3) is 0.0769. The van der Waals surface area contributed by atoms with Crippen molar-refractivity contribution in [2.24, 2.45) is 0 Å². The van der Waals surface area contributed by atoms with Gasteiger partial charge in [-0.05, 0) is 42.5 Å². The summed E-state index contributed by atoms with van der Waals surface area (Å²) in [6.07, 6.45) is -2.64. The standard InChI is InChI=1S/C13H10ClF2NO/c14-8-1-4-10(5-2-8)18-12-6-3-9(17)7-11(12)13(15)16/h1-7,13H,17H2. The molecule has 2 aromatic carbocycles. The van der Waals surface area contributed by atoms with Crippen LogP contribution in [-0.2, 0) is 0 Å². The molecule has 5 heteroatoms. The van der Waals surface area contributed by atoms with Gasteiger partial charge in [0.1, 0.15) is 11.5 Å². The summed E-state index contributed by atoms with van der Waals surface area (Å²) in [4.78, 5) is 0. The quantitative estimate of drug-likeness (QED) is 0.823.